The summed E-state index contributed by atoms with van der Waals surface area (Å²) in [5.41, 5.74) is 1.76. The summed E-state index contributed by atoms with van der Waals surface area (Å²) in [6, 6.07) is 13.1. The van der Waals surface area contributed by atoms with Crippen molar-refractivity contribution in [2.45, 2.75) is 25.9 Å². The number of benzene rings is 2. The monoisotopic (exact) mass is 371 g/mol. The van der Waals surface area contributed by atoms with E-state index in [-0.39, 0.29) is 12.5 Å². The van der Waals surface area contributed by atoms with E-state index in [0.717, 1.165) is 11.3 Å². The minimum Gasteiger partial charge on any atom is -0.493 e. The molecule has 1 unspecified atom stereocenters. The second-order valence-electron chi connectivity index (χ2n) is 6.44. The normalized spacial score (nSPS) is 13.7. The Morgan fingerprint density at radius 2 is 1.96 bits per heavy atom. The third-order valence-electron chi connectivity index (χ3n) is 4.34. The molecule has 0 spiro atoms. The lowest BCUT2D eigenvalue weighted by molar-refractivity contribution is -0.121. The molecule has 1 atom stereocenters. The Morgan fingerprint density at radius 3 is 2.78 bits per heavy atom. The van der Waals surface area contributed by atoms with Gasteiger partial charge in [-0.2, -0.15) is 0 Å². The van der Waals surface area contributed by atoms with Gasteiger partial charge in [-0.15, -0.1) is 0 Å². The van der Waals surface area contributed by atoms with E-state index < -0.39 is 6.10 Å². The van der Waals surface area contributed by atoms with Crippen LogP contribution in [0.2, 0.25) is 0 Å². The lowest BCUT2D eigenvalue weighted by Gasteiger charge is -2.20. The standard InChI is InChI=1S/C21H25NO5/c1-15-5-2-3-6-18(15)25-10-4-7-21(24)22-14-17(23)16-8-9-19-20(13-16)27-12-11-26-19/h2-3,5-6,8-9,13,17,23H,4,7,10-12,14H2,1H3,(H,22,24). The number of amides is 1. The Kier molecular flexibility index (Phi) is 6.54. The second-order valence-corrected chi connectivity index (χ2v) is 6.44. The number of carbonyl (C=O) groups excluding carboxylic acids is 1. The summed E-state index contributed by atoms with van der Waals surface area (Å²) in [6.07, 6.45) is 0.160. The Morgan fingerprint density at radius 1 is 1.19 bits per heavy atom. The number of aryl methyl sites for hydroxylation is 1. The molecular formula is C21H25NO5. The number of para-hydroxylation sites is 1. The smallest absolute Gasteiger partial charge is 0.220 e. The zero-order chi connectivity index (χ0) is 19.1. The van der Waals surface area contributed by atoms with Crippen LogP contribution in [0.1, 0.15) is 30.1 Å². The highest BCUT2D eigenvalue weighted by molar-refractivity contribution is 5.75. The molecule has 0 fully saturated rings. The van der Waals surface area contributed by atoms with Crippen LogP contribution in [-0.4, -0.2) is 37.4 Å². The molecule has 0 aromatic heterocycles. The lowest BCUT2D eigenvalue weighted by atomic mass is 10.1. The van der Waals surface area contributed by atoms with E-state index in [1.54, 1.807) is 18.2 Å². The SMILES string of the molecule is Cc1ccccc1OCCCC(=O)NCC(O)c1ccc2c(c1)OCCO2. The van der Waals surface area contributed by atoms with Gasteiger partial charge in [-0.05, 0) is 42.7 Å². The van der Waals surface area contributed by atoms with Crippen LogP contribution in [0.15, 0.2) is 42.5 Å². The summed E-state index contributed by atoms with van der Waals surface area (Å²) in [5, 5.41) is 13.0. The van der Waals surface area contributed by atoms with Gasteiger partial charge < -0.3 is 24.6 Å². The molecule has 6 nitrogen and oxygen atoms in total. The van der Waals surface area contributed by atoms with Crippen molar-refractivity contribution in [1.29, 1.82) is 0 Å². The summed E-state index contributed by atoms with van der Waals surface area (Å²) in [5.74, 6) is 2.03. The average molecular weight is 371 g/mol. The summed E-state index contributed by atoms with van der Waals surface area (Å²) < 4.78 is 16.7. The van der Waals surface area contributed by atoms with Crippen LogP contribution < -0.4 is 19.5 Å². The van der Waals surface area contributed by atoms with Gasteiger partial charge in [-0.25, -0.2) is 0 Å². The van der Waals surface area contributed by atoms with Gasteiger partial charge in [0.1, 0.15) is 19.0 Å². The van der Waals surface area contributed by atoms with Gasteiger partial charge in [0.25, 0.3) is 0 Å². The first-order chi connectivity index (χ1) is 13.1. The van der Waals surface area contributed by atoms with Gasteiger partial charge in [0.05, 0.1) is 12.7 Å². The van der Waals surface area contributed by atoms with E-state index in [4.69, 9.17) is 14.2 Å². The third kappa shape index (κ3) is 5.37. The molecule has 27 heavy (non-hydrogen) atoms. The number of hydrogen-bond acceptors (Lipinski definition) is 5. The topological polar surface area (TPSA) is 77.0 Å². The Balaban J connectivity index is 1.38. The van der Waals surface area contributed by atoms with Crippen molar-refractivity contribution in [2.24, 2.45) is 0 Å². The maximum Gasteiger partial charge on any atom is 0.220 e. The molecule has 1 aliphatic heterocycles. The van der Waals surface area contributed by atoms with E-state index >= 15 is 0 Å². The molecule has 0 bridgehead atoms. The predicted molar refractivity (Wildman–Crippen MR) is 101 cm³/mol. The third-order valence-corrected chi connectivity index (χ3v) is 4.34. The van der Waals surface area contributed by atoms with E-state index in [0.29, 0.717) is 49.7 Å². The fourth-order valence-corrected chi connectivity index (χ4v) is 2.82. The van der Waals surface area contributed by atoms with Crippen molar-refractivity contribution < 1.29 is 24.1 Å². The molecular weight excluding hydrogens is 346 g/mol. The molecule has 6 heteroatoms. The first-order valence-corrected chi connectivity index (χ1v) is 9.16. The molecule has 1 aliphatic rings. The first kappa shape index (κ1) is 19.0. The van der Waals surface area contributed by atoms with Crippen LogP contribution in [-0.2, 0) is 4.79 Å². The number of rotatable bonds is 8. The number of aliphatic hydroxyl groups is 1. The maximum atomic E-state index is 12.0. The molecule has 3 rings (SSSR count). The van der Waals surface area contributed by atoms with Crippen molar-refractivity contribution in [2.75, 3.05) is 26.4 Å². The molecule has 2 aromatic carbocycles. The molecule has 144 valence electrons. The predicted octanol–water partition coefficient (Wildman–Crippen LogP) is 2.78. The van der Waals surface area contributed by atoms with Gasteiger partial charge in [0.2, 0.25) is 5.91 Å². The molecule has 2 N–H and O–H groups in total. The van der Waals surface area contributed by atoms with E-state index in [1.165, 1.54) is 0 Å². The highest BCUT2D eigenvalue weighted by atomic mass is 16.6. The zero-order valence-electron chi connectivity index (χ0n) is 15.4. The Bertz CT molecular complexity index is 777. The average Bonchev–Trinajstić information content (AvgIpc) is 2.70. The Labute approximate surface area is 159 Å². The number of carbonyl (C=O) groups is 1. The molecule has 2 aromatic rings. The van der Waals surface area contributed by atoms with E-state index in [9.17, 15) is 9.90 Å². The maximum absolute atomic E-state index is 12.0. The van der Waals surface area contributed by atoms with Crippen LogP contribution in [0.5, 0.6) is 17.2 Å². The van der Waals surface area contributed by atoms with E-state index in [2.05, 4.69) is 5.32 Å². The molecule has 0 radical (unpaired) electrons. The van der Waals surface area contributed by atoms with Crippen molar-refractivity contribution in [1.82, 2.24) is 5.32 Å². The van der Waals surface area contributed by atoms with Crippen molar-refractivity contribution in [3.05, 3.63) is 53.6 Å². The summed E-state index contributed by atoms with van der Waals surface area (Å²) in [6.45, 7) is 3.63. The summed E-state index contributed by atoms with van der Waals surface area (Å²) in [7, 11) is 0. The van der Waals surface area contributed by atoms with Gasteiger partial charge >= 0.3 is 0 Å². The number of ether oxygens (including phenoxy) is 3. The van der Waals surface area contributed by atoms with Crippen LogP contribution >= 0.6 is 0 Å². The highest BCUT2D eigenvalue weighted by Crippen LogP contribution is 2.32. The van der Waals surface area contributed by atoms with Crippen LogP contribution in [0, 0.1) is 6.92 Å². The molecule has 1 amide bonds. The second kappa shape index (κ2) is 9.28. The van der Waals surface area contributed by atoms with Crippen LogP contribution in [0.4, 0.5) is 0 Å². The van der Waals surface area contributed by atoms with Gasteiger partial charge in [0.15, 0.2) is 11.5 Å². The fraction of sp³-hybridized carbons (Fsp3) is 0.381. The molecule has 1 heterocycles. The van der Waals surface area contributed by atoms with Crippen molar-refractivity contribution >= 4 is 5.91 Å². The minimum absolute atomic E-state index is 0.111. The Hall–Kier alpha value is -2.73. The lowest BCUT2D eigenvalue weighted by Crippen LogP contribution is -2.28. The van der Waals surface area contributed by atoms with E-state index in [1.807, 2.05) is 31.2 Å². The van der Waals surface area contributed by atoms with Crippen LogP contribution in [0.25, 0.3) is 0 Å². The van der Waals surface area contributed by atoms with Crippen molar-refractivity contribution in [3.8, 4) is 17.2 Å². The number of nitrogens with one attached hydrogen (secondary N) is 1. The van der Waals surface area contributed by atoms with Crippen LogP contribution in [0.3, 0.4) is 0 Å². The minimum atomic E-state index is -0.798. The largest absolute Gasteiger partial charge is 0.493 e. The number of fused-ring (bicyclic) bond motifs is 1. The number of aliphatic hydroxyl groups excluding tert-OH is 1. The fourth-order valence-electron chi connectivity index (χ4n) is 2.82. The first-order valence-electron chi connectivity index (χ1n) is 9.16. The molecule has 0 saturated carbocycles. The van der Waals surface area contributed by atoms with Gasteiger partial charge in [0, 0.05) is 13.0 Å². The summed E-state index contributed by atoms with van der Waals surface area (Å²) >= 11 is 0. The summed E-state index contributed by atoms with van der Waals surface area (Å²) in [4.78, 5) is 12.0. The molecule has 0 saturated heterocycles. The molecule has 0 aliphatic carbocycles. The quantitative estimate of drug-likeness (QED) is 0.698. The van der Waals surface area contributed by atoms with Gasteiger partial charge in [-0.3, -0.25) is 4.79 Å². The zero-order valence-corrected chi connectivity index (χ0v) is 15.4. The van der Waals surface area contributed by atoms with Crippen molar-refractivity contribution in [3.63, 3.8) is 0 Å². The van der Waals surface area contributed by atoms with Gasteiger partial charge in [-0.1, -0.05) is 24.3 Å². The number of hydrogen-bond donors (Lipinski definition) is 2. The highest BCUT2D eigenvalue weighted by Gasteiger charge is 2.16.